The molecule has 28 valence electrons. The molecule has 0 amide bonds. The number of hydrogen-bond acceptors (Lipinski definition) is 1. The van der Waals surface area contributed by atoms with E-state index in [4.69, 9.17) is 0 Å². The molecule has 0 saturated carbocycles. The number of aldehydes is 1. The quantitative estimate of drug-likeness (QED) is 0.355. The molecule has 0 bridgehead atoms. The molecular weight excluding hydrogens is 83.0 g/mol. The fourth-order valence-electron chi connectivity index (χ4n) is 0.0481. The molecule has 1 nitrogen and oxygen atoms in total. The van der Waals surface area contributed by atoms with Crippen LogP contribution in [0.5, 0.6) is 0 Å². The predicted molar refractivity (Wildman–Crippen MR) is 25.1 cm³/mol. The Morgan fingerprint density at radius 1 is 1.80 bits per heavy atom. The monoisotopic (exact) mass is 88.0 g/mol. The van der Waals surface area contributed by atoms with Gasteiger partial charge in [-0.3, -0.25) is 0 Å². The van der Waals surface area contributed by atoms with Crippen molar-refractivity contribution in [1.82, 2.24) is 0 Å². The van der Waals surface area contributed by atoms with Crippen molar-refractivity contribution in [2.75, 3.05) is 0 Å². The van der Waals surface area contributed by atoms with Crippen molar-refractivity contribution < 1.29 is 4.79 Å². The lowest BCUT2D eigenvalue weighted by Crippen LogP contribution is -1.66. The Labute approximate surface area is 33.2 Å². The molecule has 0 unspecified atom stereocenters. The molecule has 5 heavy (non-hydrogen) atoms. The van der Waals surface area contributed by atoms with Crippen LogP contribution in [0.3, 0.4) is 0 Å². The predicted octanol–water partition coefficient (Wildman–Crippen LogP) is 0.520. The number of carbonyl (C=O) groups excluding carboxylic acids is 1. The molecule has 0 aliphatic rings. The minimum absolute atomic E-state index is 0.497. The fraction of sp³-hybridized carbons (Fsp3) is 0.333. The third kappa shape index (κ3) is 3.84. The molecule has 0 aliphatic carbocycles. The molecule has 0 atom stereocenters. The third-order valence-corrected chi connectivity index (χ3v) is 0.450. The van der Waals surface area contributed by atoms with E-state index < -0.39 is 0 Å². The van der Waals surface area contributed by atoms with Crippen LogP contribution in [0, 0.1) is 0 Å². The fourth-order valence-corrected chi connectivity index (χ4v) is 0.144. The average molecular weight is 88.0 g/mol. The molecule has 0 aromatic rings. The van der Waals surface area contributed by atoms with E-state index in [1.165, 1.54) is 0 Å². The Hall–Kier alpha value is -0.160. The van der Waals surface area contributed by atoms with Gasteiger partial charge in [-0.05, 0) is 0 Å². The highest BCUT2D eigenvalue weighted by Crippen LogP contribution is 1.60. The Morgan fingerprint density at radius 2 is 2.40 bits per heavy atom. The van der Waals surface area contributed by atoms with Crippen molar-refractivity contribution >= 4 is 20.9 Å². The van der Waals surface area contributed by atoms with Crippen LogP contribution < -0.4 is 0 Å². The summed E-state index contributed by atoms with van der Waals surface area (Å²) in [7, 11) is 2.99. The van der Waals surface area contributed by atoms with Crippen molar-refractivity contribution in [2.45, 2.75) is 6.42 Å². The summed E-state index contributed by atoms with van der Waals surface area (Å²) < 4.78 is 0. The minimum atomic E-state index is 0.497. The topological polar surface area (TPSA) is 17.1 Å². The van der Waals surface area contributed by atoms with Gasteiger partial charge in [0.05, 0.1) is 0 Å². The zero-order valence-electron chi connectivity index (χ0n) is 2.77. The van der Waals surface area contributed by atoms with Crippen LogP contribution in [-0.2, 0) is 4.79 Å². The molecule has 2 heteroatoms. The van der Waals surface area contributed by atoms with Gasteiger partial charge in [0.25, 0.3) is 0 Å². The Kier molecular flexibility index (Phi) is 3.72. The summed E-state index contributed by atoms with van der Waals surface area (Å²) in [5, 5.41) is 0. The molecule has 0 saturated heterocycles. The van der Waals surface area contributed by atoms with Gasteiger partial charge < -0.3 is 4.79 Å². The highest BCUT2D eigenvalue weighted by Gasteiger charge is 1.59. The first-order valence-corrected chi connectivity index (χ1v) is 1.92. The summed E-state index contributed by atoms with van der Waals surface area (Å²) in [6.45, 7) is 0. The van der Waals surface area contributed by atoms with Crippen LogP contribution in [0.4, 0.5) is 0 Å². The second kappa shape index (κ2) is 3.84. The summed E-state index contributed by atoms with van der Waals surface area (Å²) in [4.78, 5) is 9.34. The summed E-state index contributed by atoms with van der Waals surface area (Å²) in [5.74, 6) is 1.62. The van der Waals surface area contributed by atoms with Crippen LogP contribution in [0.1, 0.15) is 6.42 Å². The van der Waals surface area contributed by atoms with Crippen LogP contribution in [-0.4, -0.2) is 12.1 Å². The van der Waals surface area contributed by atoms with Gasteiger partial charge in [0, 0.05) is 6.42 Å². The van der Waals surface area contributed by atoms with Gasteiger partial charge in [-0.15, -0.1) is 8.86 Å². The molecule has 0 rings (SSSR count). The van der Waals surface area contributed by atoms with Crippen molar-refractivity contribution in [3.8, 4) is 0 Å². The van der Waals surface area contributed by atoms with E-state index >= 15 is 0 Å². The lowest BCUT2D eigenvalue weighted by Gasteiger charge is -1.58. The van der Waals surface area contributed by atoms with Gasteiger partial charge in [0.1, 0.15) is 6.29 Å². The SMILES string of the molecule is O=CCC=P. The average Bonchev–Trinajstić information content (AvgIpc) is 1.41. The van der Waals surface area contributed by atoms with Crippen LogP contribution in [0.25, 0.3) is 0 Å². The highest BCUT2D eigenvalue weighted by atomic mass is 31.0. The van der Waals surface area contributed by atoms with Crippen LogP contribution in [0.15, 0.2) is 0 Å². The molecule has 0 spiro atoms. The lowest BCUT2D eigenvalue weighted by molar-refractivity contribution is -0.106. The lowest BCUT2D eigenvalue weighted by atomic mass is 10.6. The normalized spacial score (nSPS) is 6.40. The first-order chi connectivity index (χ1) is 2.41. The second-order valence-electron chi connectivity index (χ2n) is 0.606. The standard InChI is InChI=1S/C3H5OP/c4-2-1-3-5/h2-3,5H,1H2. The highest BCUT2D eigenvalue weighted by molar-refractivity contribution is 7.18. The third-order valence-electron chi connectivity index (χ3n) is 0.214. The van der Waals surface area contributed by atoms with Gasteiger partial charge >= 0.3 is 0 Å². The Balaban J connectivity index is 2.65. The number of rotatable bonds is 2. The van der Waals surface area contributed by atoms with Gasteiger partial charge in [-0.1, -0.05) is 5.80 Å². The zero-order chi connectivity index (χ0) is 4.12. The van der Waals surface area contributed by atoms with E-state index in [1.54, 1.807) is 5.80 Å². The van der Waals surface area contributed by atoms with Gasteiger partial charge in [-0.2, -0.15) is 0 Å². The first kappa shape index (κ1) is 4.84. The Morgan fingerprint density at radius 3 is 2.40 bits per heavy atom. The Bertz CT molecular complexity index is 36.2. The van der Waals surface area contributed by atoms with Crippen molar-refractivity contribution in [1.29, 1.82) is 0 Å². The van der Waals surface area contributed by atoms with E-state index in [2.05, 4.69) is 8.86 Å². The van der Waals surface area contributed by atoms with Crippen molar-refractivity contribution in [2.24, 2.45) is 0 Å². The van der Waals surface area contributed by atoms with E-state index in [0.29, 0.717) is 6.42 Å². The van der Waals surface area contributed by atoms with Crippen molar-refractivity contribution in [3.05, 3.63) is 0 Å². The van der Waals surface area contributed by atoms with Gasteiger partial charge in [-0.25, -0.2) is 0 Å². The zero-order valence-corrected chi connectivity index (χ0v) is 3.77. The number of hydrogen-bond donors (Lipinski definition) is 0. The minimum Gasteiger partial charge on any atom is -0.303 e. The van der Waals surface area contributed by atoms with E-state index in [1.807, 2.05) is 0 Å². The summed E-state index contributed by atoms with van der Waals surface area (Å²) in [5.41, 5.74) is 0. The van der Waals surface area contributed by atoms with Crippen LogP contribution >= 0.6 is 8.86 Å². The van der Waals surface area contributed by atoms with E-state index in [0.717, 1.165) is 6.29 Å². The van der Waals surface area contributed by atoms with Crippen LogP contribution in [0.2, 0.25) is 0 Å². The number of carbonyl (C=O) groups is 1. The van der Waals surface area contributed by atoms with Gasteiger partial charge in [0.15, 0.2) is 0 Å². The maximum Gasteiger partial charge on any atom is 0.124 e. The molecule has 0 aromatic carbocycles. The van der Waals surface area contributed by atoms with Gasteiger partial charge in [0.2, 0.25) is 0 Å². The molecule has 0 heterocycles. The molecule has 0 radical (unpaired) electrons. The first-order valence-electron chi connectivity index (χ1n) is 1.34. The summed E-state index contributed by atoms with van der Waals surface area (Å²) in [6, 6.07) is 0. The molecule has 0 aromatic heterocycles. The molecule has 0 N–H and O–H groups in total. The molecular formula is C3H5OP. The molecule has 0 fully saturated rings. The van der Waals surface area contributed by atoms with E-state index in [9.17, 15) is 4.79 Å². The second-order valence-corrected chi connectivity index (χ2v) is 1.01. The maximum atomic E-state index is 9.34. The van der Waals surface area contributed by atoms with Crippen molar-refractivity contribution in [3.63, 3.8) is 0 Å². The van der Waals surface area contributed by atoms with E-state index in [-0.39, 0.29) is 0 Å². The largest absolute Gasteiger partial charge is 0.303 e. The summed E-state index contributed by atoms with van der Waals surface area (Å²) in [6.07, 6.45) is 1.32. The smallest absolute Gasteiger partial charge is 0.124 e. The molecule has 0 aliphatic heterocycles. The maximum absolute atomic E-state index is 9.34. The summed E-state index contributed by atoms with van der Waals surface area (Å²) >= 11 is 0.